The van der Waals surface area contributed by atoms with Crippen molar-refractivity contribution < 1.29 is 13.2 Å². The molecule has 0 saturated heterocycles. The van der Waals surface area contributed by atoms with Crippen molar-refractivity contribution in [3.8, 4) is 0 Å². The van der Waals surface area contributed by atoms with Crippen LogP contribution in [0.15, 0.2) is 46.0 Å². The molecule has 3 N–H and O–H groups in total. The molecule has 0 radical (unpaired) electrons. The third-order valence-electron chi connectivity index (χ3n) is 3.42. The highest BCUT2D eigenvalue weighted by Gasteiger charge is 2.14. The van der Waals surface area contributed by atoms with Gasteiger partial charge in [-0.05, 0) is 31.6 Å². The standard InChI is InChI=1S/C16H21N3O3S2/c1-19(11-13-6-3-2-4-7-13)9-5-8-18-16(20)14-10-15(23-12-14)24(17,21)22/h2-4,6-7,10,12H,5,8-9,11H2,1H3,(H,18,20)(H2,17,21,22). The Kier molecular flexibility index (Phi) is 6.50. The fourth-order valence-electron chi connectivity index (χ4n) is 2.21. The molecule has 0 atom stereocenters. The summed E-state index contributed by atoms with van der Waals surface area (Å²) in [5.74, 6) is -0.285. The predicted octanol–water partition coefficient (Wildman–Crippen LogP) is 1.65. The van der Waals surface area contributed by atoms with E-state index in [1.807, 2.05) is 25.2 Å². The Bertz CT molecular complexity index is 773. The van der Waals surface area contributed by atoms with E-state index in [4.69, 9.17) is 5.14 Å². The van der Waals surface area contributed by atoms with E-state index in [-0.39, 0.29) is 10.1 Å². The molecule has 0 saturated carbocycles. The van der Waals surface area contributed by atoms with Crippen LogP contribution in [-0.4, -0.2) is 39.4 Å². The van der Waals surface area contributed by atoms with Gasteiger partial charge in [0.15, 0.2) is 0 Å². The molecule has 1 aromatic carbocycles. The van der Waals surface area contributed by atoms with Gasteiger partial charge < -0.3 is 10.2 Å². The molecule has 0 fully saturated rings. The highest BCUT2D eigenvalue weighted by atomic mass is 32.2. The van der Waals surface area contributed by atoms with Gasteiger partial charge in [0.05, 0.1) is 5.56 Å². The number of nitrogens with one attached hydrogen (secondary N) is 1. The van der Waals surface area contributed by atoms with Gasteiger partial charge in [-0.3, -0.25) is 4.79 Å². The van der Waals surface area contributed by atoms with Gasteiger partial charge in [0, 0.05) is 18.5 Å². The van der Waals surface area contributed by atoms with Crippen LogP contribution < -0.4 is 10.5 Å². The molecule has 1 aromatic heterocycles. The van der Waals surface area contributed by atoms with Gasteiger partial charge in [0.1, 0.15) is 4.21 Å². The van der Waals surface area contributed by atoms with Crippen LogP contribution in [0.25, 0.3) is 0 Å². The zero-order valence-corrected chi connectivity index (χ0v) is 15.1. The van der Waals surface area contributed by atoms with E-state index < -0.39 is 10.0 Å². The Hall–Kier alpha value is -1.74. The second-order valence-electron chi connectivity index (χ2n) is 5.53. The summed E-state index contributed by atoms with van der Waals surface area (Å²) in [5.41, 5.74) is 1.57. The lowest BCUT2D eigenvalue weighted by Gasteiger charge is -2.16. The molecular weight excluding hydrogens is 346 g/mol. The summed E-state index contributed by atoms with van der Waals surface area (Å²) in [7, 11) is -1.72. The number of amides is 1. The van der Waals surface area contributed by atoms with Crippen LogP contribution in [0.4, 0.5) is 0 Å². The Balaban J connectivity index is 1.72. The Morgan fingerprint density at radius 1 is 1.29 bits per heavy atom. The highest BCUT2D eigenvalue weighted by molar-refractivity contribution is 7.91. The van der Waals surface area contributed by atoms with E-state index in [2.05, 4.69) is 22.3 Å². The van der Waals surface area contributed by atoms with E-state index in [1.165, 1.54) is 17.0 Å². The monoisotopic (exact) mass is 367 g/mol. The number of primary sulfonamides is 1. The molecule has 6 nitrogen and oxygen atoms in total. The summed E-state index contributed by atoms with van der Waals surface area (Å²) in [4.78, 5) is 14.2. The summed E-state index contributed by atoms with van der Waals surface area (Å²) < 4.78 is 22.4. The van der Waals surface area contributed by atoms with E-state index in [9.17, 15) is 13.2 Å². The van der Waals surface area contributed by atoms with Crippen molar-refractivity contribution >= 4 is 27.3 Å². The van der Waals surface area contributed by atoms with Crippen LogP contribution in [0.1, 0.15) is 22.3 Å². The highest BCUT2D eigenvalue weighted by Crippen LogP contribution is 2.18. The van der Waals surface area contributed by atoms with Crippen molar-refractivity contribution in [1.82, 2.24) is 10.2 Å². The van der Waals surface area contributed by atoms with Gasteiger partial charge in [0.25, 0.3) is 5.91 Å². The van der Waals surface area contributed by atoms with Crippen LogP contribution in [-0.2, 0) is 16.6 Å². The zero-order valence-electron chi connectivity index (χ0n) is 13.4. The Labute approximate surface area is 146 Å². The number of sulfonamides is 1. The van der Waals surface area contributed by atoms with E-state index >= 15 is 0 Å². The maximum atomic E-state index is 12.0. The molecule has 130 valence electrons. The van der Waals surface area contributed by atoms with Crippen molar-refractivity contribution in [1.29, 1.82) is 0 Å². The first-order valence-corrected chi connectivity index (χ1v) is 9.91. The largest absolute Gasteiger partial charge is 0.352 e. The van der Waals surface area contributed by atoms with Gasteiger partial charge in [-0.25, -0.2) is 13.6 Å². The minimum absolute atomic E-state index is 0.00440. The summed E-state index contributed by atoms with van der Waals surface area (Å²) in [6.07, 6.45) is 0.807. The van der Waals surface area contributed by atoms with Gasteiger partial charge in [0.2, 0.25) is 10.0 Å². The first kappa shape index (κ1) is 18.6. The van der Waals surface area contributed by atoms with Crippen LogP contribution in [0.5, 0.6) is 0 Å². The van der Waals surface area contributed by atoms with Crippen molar-refractivity contribution in [2.24, 2.45) is 5.14 Å². The average molecular weight is 367 g/mol. The van der Waals surface area contributed by atoms with Gasteiger partial charge in [-0.1, -0.05) is 30.3 Å². The molecule has 1 amide bonds. The molecule has 0 aliphatic carbocycles. The average Bonchev–Trinajstić information content (AvgIpc) is 3.02. The number of carbonyl (C=O) groups excluding carboxylic acids is 1. The number of thiophene rings is 1. The zero-order chi connectivity index (χ0) is 17.6. The quantitative estimate of drug-likeness (QED) is 0.694. The molecule has 8 heteroatoms. The minimum atomic E-state index is -3.75. The molecule has 2 rings (SSSR count). The maximum Gasteiger partial charge on any atom is 0.252 e. The van der Waals surface area contributed by atoms with Crippen LogP contribution in [0.2, 0.25) is 0 Å². The molecule has 24 heavy (non-hydrogen) atoms. The Morgan fingerprint density at radius 2 is 2.00 bits per heavy atom. The number of nitrogens with zero attached hydrogens (tertiary/aromatic N) is 1. The van der Waals surface area contributed by atoms with Crippen LogP contribution >= 0.6 is 11.3 Å². The molecule has 0 unspecified atom stereocenters. The lowest BCUT2D eigenvalue weighted by atomic mass is 10.2. The van der Waals surface area contributed by atoms with Crippen molar-refractivity contribution in [2.75, 3.05) is 20.1 Å². The first-order chi connectivity index (χ1) is 11.4. The lowest BCUT2D eigenvalue weighted by molar-refractivity contribution is 0.0952. The smallest absolute Gasteiger partial charge is 0.252 e. The summed E-state index contributed by atoms with van der Waals surface area (Å²) in [6.45, 7) is 2.23. The number of carbonyl (C=O) groups is 1. The number of nitrogens with two attached hydrogens (primary N) is 1. The second kappa shape index (κ2) is 8.39. The SMILES string of the molecule is CN(CCCNC(=O)c1csc(S(N)(=O)=O)c1)Cc1ccccc1. The minimum Gasteiger partial charge on any atom is -0.352 e. The van der Waals surface area contributed by atoms with Crippen molar-refractivity contribution in [2.45, 2.75) is 17.2 Å². The maximum absolute atomic E-state index is 12.0. The second-order valence-corrected chi connectivity index (χ2v) is 8.23. The van der Waals surface area contributed by atoms with Gasteiger partial charge >= 0.3 is 0 Å². The van der Waals surface area contributed by atoms with Crippen molar-refractivity contribution in [3.63, 3.8) is 0 Å². The van der Waals surface area contributed by atoms with Gasteiger partial charge in [-0.15, -0.1) is 11.3 Å². The number of benzene rings is 1. The summed E-state index contributed by atoms with van der Waals surface area (Å²) >= 11 is 0.948. The molecule has 1 heterocycles. The van der Waals surface area contributed by atoms with E-state index in [1.54, 1.807) is 0 Å². The first-order valence-electron chi connectivity index (χ1n) is 7.48. The molecule has 0 aliphatic heterocycles. The molecular formula is C16H21N3O3S2. The predicted molar refractivity (Wildman–Crippen MR) is 95.4 cm³/mol. The normalized spacial score (nSPS) is 11.6. The molecule has 2 aromatic rings. The number of hydrogen-bond donors (Lipinski definition) is 2. The third-order valence-corrected chi connectivity index (χ3v) is 5.80. The fourth-order valence-corrected chi connectivity index (χ4v) is 3.80. The topological polar surface area (TPSA) is 92.5 Å². The molecule has 0 bridgehead atoms. The van der Waals surface area contributed by atoms with E-state index in [0.29, 0.717) is 12.1 Å². The Morgan fingerprint density at radius 3 is 2.62 bits per heavy atom. The lowest BCUT2D eigenvalue weighted by Crippen LogP contribution is -2.27. The van der Waals surface area contributed by atoms with Gasteiger partial charge in [-0.2, -0.15) is 0 Å². The molecule has 0 spiro atoms. The summed E-state index contributed by atoms with van der Waals surface area (Å²) in [5, 5.41) is 9.32. The summed E-state index contributed by atoms with van der Waals surface area (Å²) in [6, 6.07) is 11.5. The van der Waals surface area contributed by atoms with Crippen LogP contribution in [0, 0.1) is 0 Å². The molecule has 0 aliphatic rings. The number of hydrogen-bond acceptors (Lipinski definition) is 5. The third kappa shape index (κ3) is 5.72. The fraction of sp³-hybridized carbons (Fsp3) is 0.312. The number of rotatable bonds is 8. The van der Waals surface area contributed by atoms with Crippen LogP contribution in [0.3, 0.4) is 0 Å². The van der Waals surface area contributed by atoms with Crippen molar-refractivity contribution in [3.05, 3.63) is 52.9 Å². The van der Waals surface area contributed by atoms with E-state index in [0.717, 1.165) is 30.8 Å².